The minimum Gasteiger partial charge on any atom is -0.322 e. The SMILES string of the molecule is Cc1cc(C)n(-c2ccc(C(=O)Nc3ccccc3C(C)C)cc2)n1. The van der Waals surface area contributed by atoms with E-state index >= 15 is 0 Å². The summed E-state index contributed by atoms with van der Waals surface area (Å²) in [6, 6.07) is 17.5. The molecule has 0 bridgehead atoms. The maximum Gasteiger partial charge on any atom is 0.255 e. The molecule has 128 valence electrons. The molecule has 3 aromatic rings. The molecule has 1 amide bonds. The van der Waals surface area contributed by atoms with Crippen LogP contribution in [0.2, 0.25) is 0 Å². The van der Waals surface area contributed by atoms with Crippen LogP contribution in [0.25, 0.3) is 5.69 Å². The number of nitrogens with zero attached hydrogens (tertiary/aromatic N) is 2. The van der Waals surface area contributed by atoms with Crippen molar-refractivity contribution in [3.63, 3.8) is 0 Å². The molecule has 0 saturated heterocycles. The Bertz CT molecular complexity index is 892. The van der Waals surface area contributed by atoms with Gasteiger partial charge in [-0.3, -0.25) is 4.79 Å². The number of anilines is 1. The van der Waals surface area contributed by atoms with E-state index in [4.69, 9.17) is 0 Å². The summed E-state index contributed by atoms with van der Waals surface area (Å²) in [5, 5.41) is 7.49. The van der Waals surface area contributed by atoms with Gasteiger partial charge in [-0.1, -0.05) is 32.0 Å². The first-order valence-corrected chi connectivity index (χ1v) is 8.49. The number of amides is 1. The molecule has 0 aliphatic carbocycles. The second-order valence-corrected chi connectivity index (χ2v) is 6.58. The van der Waals surface area contributed by atoms with Gasteiger partial charge < -0.3 is 5.32 Å². The molecule has 0 unspecified atom stereocenters. The molecule has 4 heteroatoms. The fourth-order valence-electron chi connectivity index (χ4n) is 2.95. The van der Waals surface area contributed by atoms with Crippen molar-refractivity contribution in [1.29, 1.82) is 0 Å². The second kappa shape index (κ2) is 6.93. The number of carbonyl (C=O) groups excluding carboxylic acids is 1. The Balaban J connectivity index is 1.81. The number of nitrogens with one attached hydrogen (secondary N) is 1. The second-order valence-electron chi connectivity index (χ2n) is 6.58. The number of hydrogen-bond donors (Lipinski definition) is 1. The zero-order valence-electron chi connectivity index (χ0n) is 15.1. The van der Waals surface area contributed by atoms with Crippen LogP contribution < -0.4 is 5.32 Å². The quantitative estimate of drug-likeness (QED) is 0.741. The fourth-order valence-corrected chi connectivity index (χ4v) is 2.95. The van der Waals surface area contributed by atoms with E-state index in [0.29, 0.717) is 11.5 Å². The van der Waals surface area contributed by atoms with Gasteiger partial charge in [0.1, 0.15) is 0 Å². The van der Waals surface area contributed by atoms with Crippen molar-refractivity contribution >= 4 is 11.6 Å². The highest BCUT2D eigenvalue weighted by molar-refractivity contribution is 6.04. The van der Waals surface area contributed by atoms with E-state index in [1.165, 1.54) is 0 Å². The molecule has 0 spiro atoms. The summed E-state index contributed by atoms with van der Waals surface area (Å²) in [6.45, 7) is 8.23. The summed E-state index contributed by atoms with van der Waals surface area (Å²) in [4.78, 5) is 12.6. The highest BCUT2D eigenvalue weighted by Crippen LogP contribution is 2.24. The maximum atomic E-state index is 12.6. The lowest BCUT2D eigenvalue weighted by molar-refractivity contribution is 0.102. The molecule has 0 saturated carbocycles. The minimum absolute atomic E-state index is 0.104. The average molecular weight is 333 g/mol. The molecule has 1 aromatic heterocycles. The van der Waals surface area contributed by atoms with Gasteiger partial charge >= 0.3 is 0 Å². The third-order valence-electron chi connectivity index (χ3n) is 4.21. The Hall–Kier alpha value is -2.88. The van der Waals surface area contributed by atoms with Gasteiger partial charge in [-0.15, -0.1) is 0 Å². The summed E-state index contributed by atoms with van der Waals surface area (Å²) in [7, 11) is 0. The zero-order valence-corrected chi connectivity index (χ0v) is 15.1. The molecule has 1 N–H and O–H groups in total. The van der Waals surface area contributed by atoms with Crippen LogP contribution in [0.3, 0.4) is 0 Å². The summed E-state index contributed by atoms with van der Waals surface area (Å²) in [5.74, 6) is 0.248. The summed E-state index contributed by atoms with van der Waals surface area (Å²) < 4.78 is 1.88. The molecule has 0 aliphatic rings. The van der Waals surface area contributed by atoms with E-state index in [1.54, 1.807) is 0 Å². The maximum absolute atomic E-state index is 12.6. The van der Waals surface area contributed by atoms with Gasteiger partial charge in [-0.25, -0.2) is 4.68 Å². The Labute approximate surface area is 148 Å². The van der Waals surface area contributed by atoms with Gasteiger partial charge in [-0.2, -0.15) is 5.10 Å². The van der Waals surface area contributed by atoms with E-state index in [-0.39, 0.29) is 5.91 Å². The lowest BCUT2D eigenvalue weighted by Crippen LogP contribution is -2.13. The third kappa shape index (κ3) is 3.63. The number of para-hydroxylation sites is 1. The Kier molecular flexibility index (Phi) is 4.70. The van der Waals surface area contributed by atoms with Crippen LogP contribution in [0, 0.1) is 13.8 Å². The Morgan fingerprint density at radius 3 is 2.32 bits per heavy atom. The predicted molar refractivity (Wildman–Crippen MR) is 102 cm³/mol. The van der Waals surface area contributed by atoms with Crippen molar-refractivity contribution in [3.05, 3.63) is 77.1 Å². The van der Waals surface area contributed by atoms with E-state index in [2.05, 4.69) is 24.3 Å². The van der Waals surface area contributed by atoms with Gasteiger partial charge in [0.25, 0.3) is 5.91 Å². The van der Waals surface area contributed by atoms with Crippen molar-refractivity contribution in [2.45, 2.75) is 33.6 Å². The van der Waals surface area contributed by atoms with Crippen LogP contribution in [-0.2, 0) is 0 Å². The summed E-state index contributed by atoms with van der Waals surface area (Å²) in [6.07, 6.45) is 0. The van der Waals surface area contributed by atoms with Crippen LogP contribution in [0.1, 0.15) is 47.1 Å². The molecule has 25 heavy (non-hydrogen) atoms. The molecule has 0 radical (unpaired) electrons. The van der Waals surface area contributed by atoms with Crippen LogP contribution in [-0.4, -0.2) is 15.7 Å². The zero-order chi connectivity index (χ0) is 18.0. The Morgan fingerprint density at radius 2 is 1.72 bits per heavy atom. The normalized spacial score (nSPS) is 10.9. The number of hydrogen-bond acceptors (Lipinski definition) is 2. The van der Waals surface area contributed by atoms with Crippen molar-refractivity contribution in [3.8, 4) is 5.69 Å². The van der Waals surface area contributed by atoms with Gasteiger partial charge in [-0.05, 0) is 61.7 Å². The molecule has 0 aliphatic heterocycles. The van der Waals surface area contributed by atoms with E-state index in [1.807, 2.05) is 73.1 Å². The highest BCUT2D eigenvalue weighted by Gasteiger charge is 2.11. The first-order valence-electron chi connectivity index (χ1n) is 8.49. The predicted octanol–water partition coefficient (Wildman–Crippen LogP) is 4.86. The number of carbonyl (C=O) groups is 1. The standard InChI is InChI=1S/C21H23N3O/c1-14(2)19-7-5-6-8-20(19)22-21(25)17-9-11-18(12-10-17)24-16(4)13-15(3)23-24/h5-14H,1-4H3,(H,22,25). The minimum atomic E-state index is -0.104. The topological polar surface area (TPSA) is 46.9 Å². The van der Waals surface area contributed by atoms with Gasteiger partial charge in [0.2, 0.25) is 0 Å². The average Bonchev–Trinajstić information content (AvgIpc) is 2.93. The van der Waals surface area contributed by atoms with Crippen molar-refractivity contribution in [2.75, 3.05) is 5.32 Å². The summed E-state index contributed by atoms with van der Waals surface area (Å²) >= 11 is 0. The van der Waals surface area contributed by atoms with Gasteiger partial charge in [0.15, 0.2) is 0 Å². The molecular weight excluding hydrogens is 310 g/mol. The summed E-state index contributed by atoms with van der Waals surface area (Å²) in [5.41, 5.74) is 5.62. The number of aromatic nitrogens is 2. The number of benzene rings is 2. The lowest BCUT2D eigenvalue weighted by atomic mass is 10.0. The largest absolute Gasteiger partial charge is 0.322 e. The highest BCUT2D eigenvalue weighted by atomic mass is 16.1. The molecule has 4 nitrogen and oxygen atoms in total. The van der Waals surface area contributed by atoms with E-state index in [9.17, 15) is 4.79 Å². The van der Waals surface area contributed by atoms with Crippen LogP contribution in [0.5, 0.6) is 0 Å². The van der Waals surface area contributed by atoms with E-state index < -0.39 is 0 Å². The first kappa shape index (κ1) is 17.0. The molecule has 3 rings (SSSR count). The molecule has 2 aromatic carbocycles. The van der Waals surface area contributed by atoms with Crippen molar-refractivity contribution in [2.24, 2.45) is 0 Å². The smallest absolute Gasteiger partial charge is 0.255 e. The third-order valence-corrected chi connectivity index (χ3v) is 4.21. The first-order chi connectivity index (χ1) is 12.0. The van der Waals surface area contributed by atoms with Crippen molar-refractivity contribution in [1.82, 2.24) is 9.78 Å². The molecule has 1 heterocycles. The lowest BCUT2D eigenvalue weighted by Gasteiger charge is -2.14. The van der Waals surface area contributed by atoms with Gasteiger partial charge in [0, 0.05) is 16.9 Å². The molecular formula is C21H23N3O. The fraction of sp³-hybridized carbons (Fsp3) is 0.238. The van der Waals surface area contributed by atoms with Crippen LogP contribution in [0.4, 0.5) is 5.69 Å². The van der Waals surface area contributed by atoms with Crippen LogP contribution >= 0.6 is 0 Å². The van der Waals surface area contributed by atoms with E-state index in [0.717, 1.165) is 28.3 Å². The van der Waals surface area contributed by atoms with Crippen molar-refractivity contribution < 1.29 is 4.79 Å². The number of rotatable bonds is 4. The molecule has 0 fully saturated rings. The molecule has 0 atom stereocenters. The number of aryl methyl sites for hydroxylation is 2. The van der Waals surface area contributed by atoms with Gasteiger partial charge in [0.05, 0.1) is 11.4 Å². The Morgan fingerprint density at radius 1 is 1.04 bits per heavy atom. The van der Waals surface area contributed by atoms with Crippen LogP contribution in [0.15, 0.2) is 54.6 Å². The monoisotopic (exact) mass is 333 g/mol.